The molecule has 1 aromatic carbocycles. The molecule has 6 heteroatoms. The Hall–Kier alpha value is -1.02. The van der Waals surface area contributed by atoms with Crippen LogP contribution in [0.15, 0.2) is 29.3 Å². The number of aliphatic imine (C=N–C) groups is 1. The van der Waals surface area contributed by atoms with E-state index in [0.29, 0.717) is 6.04 Å². The van der Waals surface area contributed by atoms with Gasteiger partial charge in [0, 0.05) is 51.1 Å². The van der Waals surface area contributed by atoms with Gasteiger partial charge in [0.25, 0.3) is 0 Å². The van der Waals surface area contributed by atoms with E-state index in [1.54, 1.807) is 0 Å². The summed E-state index contributed by atoms with van der Waals surface area (Å²) in [7, 11) is 0. The predicted octanol–water partition coefficient (Wildman–Crippen LogP) is 3.43. The Morgan fingerprint density at radius 2 is 2.04 bits per heavy atom. The number of rotatable bonds is 10. The van der Waals surface area contributed by atoms with Crippen molar-refractivity contribution in [2.75, 3.05) is 44.3 Å². The summed E-state index contributed by atoms with van der Waals surface area (Å²) in [4.78, 5) is 7.15. The maximum Gasteiger partial charge on any atom is 0.191 e. The molecule has 0 bridgehead atoms. The Kier molecular flexibility index (Phi) is 11.7. The Bertz CT molecular complexity index is 538. The Labute approximate surface area is 176 Å². The van der Waals surface area contributed by atoms with Gasteiger partial charge in [0.1, 0.15) is 0 Å². The third-order valence-electron chi connectivity index (χ3n) is 4.51. The highest BCUT2D eigenvalue weighted by Crippen LogP contribution is 2.31. The molecule has 0 radical (unpaired) electrons. The van der Waals surface area contributed by atoms with Crippen molar-refractivity contribution in [2.45, 2.75) is 46.1 Å². The zero-order valence-electron chi connectivity index (χ0n) is 16.5. The number of nitrogens with zero attached hydrogens (tertiary/aromatic N) is 2. The summed E-state index contributed by atoms with van der Waals surface area (Å²) >= 11 is 0. The minimum Gasteiger partial charge on any atom is -0.382 e. The van der Waals surface area contributed by atoms with E-state index in [9.17, 15) is 0 Å². The largest absolute Gasteiger partial charge is 0.382 e. The molecule has 1 heterocycles. The van der Waals surface area contributed by atoms with Gasteiger partial charge < -0.3 is 20.3 Å². The highest BCUT2D eigenvalue weighted by Gasteiger charge is 2.24. The maximum absolute atomic E-state index is 5.36. The van der Waals surface area contributed by atoms with Gasteiger partial charge in [-0.2, -0.15) is 0 Å². The van der Waals surface area contributed by atoms with Gasteiger partial charge >= 0.3 is 0 Å². The molecule has 148 valence electrons. The molecule has 1 unspecified atom stereocenters. The molecule has 0 aromatic heterocycles. The van der Waals surface area contributed by atoms with Crippen LogP contribution in [0.5, 0.6) is 0 Å². The van der Waals surface area contributed by atoms with E-state index in [2.05, 4.69) is 58.6 Å². The number of para-hydroxylation sites is 1. The summed E-state index contributed by atoms with van der Waals surface area (Å²) in [6.45, 7) is 11.7. The van der Waals surface area contributed by atoms with Crippen molar-refractivity contribution in [3.63, 3.8) is 0 Å². The summed E-state index contributed by atoms with van der Waals surface area (Å²) in [6, 6.07) is 9.31. The van der Waals surface area contributed by atoms with Gasteiger partial charge in [-0.25, -0.2) is 0 Å². The Morgan fingerprint density at radius 3 is 2.81 bits per heavy atom. The molecule has 1 aliphatic heterocycles. The number of hydrogen-bond donors (Lipinski definition) is 2. The summed E-state index contributed by atoms with van der Waals surface area (Å²) in [6.07, 6.45) is 3.27. The number of guanidine groups is 1. The first-order chi connectivity index (χ1) is 12.3. The van der Waals surface area contributed by atoms with E-state index < -0.39 is 0 Å². The lowest BCUT2D eigenvalue weighted by atomic mass is 10.1. The summed E-state index contributed by atoms with van der Waals surface area (Å²) in [5, 5.41) is 6.80. The summed E-state index contributed by atoms with van der Waals surface area (Å²) in [5.74, 6) is 0.916. The average molecular weight is 474 g/mol. The zero-order valence-corrected chi connectivity index (χ0v) is 18.8. The molecule has 2 N–H and O–H groups in total. The van der Waals surface area contributed by atoms with Crippen LogP contribution in [0, 0.1) is 0 Å². The van der Waals surface area contributed by atoms with Gasteiger partial charge in [-0.1, -0.05) is 18.2 Å². The number of benzene rings is 1. The molecule has 0 saturated heterocycles. The van der Waals surface area contributed by atoms with Crippen LogP contribution >= 0.6 is 24.0 Å². The van der Waals surface area contributed by atoms with E-state index in [4.69, 9.17) is 4.74 Å². The maximum atomic E-state index is 5.36. The highest BCUT2D eigenvalue weighted by molar-refractivity contribution is 14.0. The third kappa shape index (κ3) is 7.31. The number of unbranched alkanes of at least 4 members (excludes halogenated alkanes) is 1. The lowest BCUT2D eigenvalue weighted by Gasteiger charge is -2.25. The molecule has 0 spiro atoms. The molecule has 1 atom stereocenters. The predicted molar refractivity (Wildman–Crippen MR) is 122 cm³/mol. The van der Waals surface area contributed by atoms with Crippen molar-refractivity contribution in [1.82, 2.24) is 10.6 Å². The van der Waals surface area contributed by atoms with Gasteiger partial charge in [0.05, 0.1) is 0 Å². The average Bonchev–Trinajstić information content (AvgIpc) is 2.93. The van der Waals surface area contributed by atoms with Crippen LogP contribution in [0.2, 0.25) is 0 Å². The van der Waals surface area contributed by atoms with Crippen LogP contribution in [0.25, 0.3) is 0 Å². The fourth-order valence-corrected chi connectivity index (χ4v) is 3.26. The molecule has 0 aliphatic carbocycles. The van der Waals surface area contributed by atoms with Gasteiger partial charge in [-0.3, -0.25) is 4.99 Å². The first-order valence-electron chi connectivity index (χ1n) is 9.70. The van der Waals surface area contributed by atoms with Crippen molar-refractivity contribution in [3.05, 3.63) is 29.8 Å². The number of fused-ring (bicyclic) bond motifs is 1. The van der Waals surface area contributed by atoms with Crippen molar-refractivity contribution < 1.29 is 4.74 Å². The van der Waals surface area contributed by atoms with Crippen molar-refractivity contribution in [2.24, 2.45) is 4.99 Å². The summed E-state index contributed by atoms with van der Waals surface area (Å²) < 4.78 is 5.36. The molecule has 1 aliphatic rings. The molecular weight excluding hydrogens is 439 g/mol. The first kappa shape index (κ1) is 23.0. The van der Waals surface area contributed by atoms with Gasteiger partial charge in [0.15, 0.2) is 5.96 Å². The van der Waals surface area contributed by atoms with Gasteiger partial charge in [-0.05, 0) is 51.7 Å². The molecule has 0 fully saturated rings. The van der Waals surface area contributed by atoms with Gasteiger partial charge in [0.2, 0.25) is 0 Å². The second-order valence-corrected chi connectivity index (χ2v) is 6.47. The fourth-order valence-electron chi connectivity index (χ4n) is 3.26. The van der Waals surface area contributed by atoms with E-state index >= 15 is 0 Å². The van der Waals surface area contributed by atoms with Crippen molar-refractivity contribution in [3.8, 4) is 0 Å². The van der Waals surface area contributed by atoms with Crippen LogP contribution in [-0.4, -0.2) is 51.4 Å². The smallest absolute Gasteiger partial charge is 0.191 e. The fraction of sp³-hybridized carbons (Fsp3) is 0.650. The quantitative estimate of drug-likeness (QED) is 0.236. The van der Waals surface area contributed by atoms with E-state index in [1.807, 2.05) is 6.92 Å². The molecule has 1 aromatic rings. The second kappa shape index (κ2) is 13.2. The number of halogens is 1. The van der Waals surface area contributed by atoms with Crippen LogP contribution in [0.4, 0.5) is 5.69 Å². The van der Waals surface area contributed by atoms with Crippen LogP contribution < -0.4 is 15.5 Å². The Morgan fingerprint density at radius 1 is 1.23 bits per heavy atom. The number of ether oxygens (including phenoxy) is 1. The molecule has 0 amide bonds. The zero-order chi connectivity index (χ0) is 17.9. The third-order valence-corrected chi connectivity index (χ3v) is 4.51. The van der Waals surface area contributed by atoms with E-state index in [0.717, 1.165) is 64.6 Å². The van der Waals surface area contributed by atoms with Crippen molar-refractivity contribution in [1.29, 1.82) is 0 Å². The number of nitrogens with one attached hydrogen (secondary N) is 2. The van der Waals surface area contributed by atoms with Crippen molar-refractivity contribution >= 4 is 35.6 Å². The Balaban J connectivity index is 0.00000338. The lowest BCUT2D eigenvalue weighted by molar-refractivity contribution is 0.144. The number of anilines is 1. The van der Waals surface area contributed by atoms with E-state index in [1.165, 1.54) is 11.3 Å². The number of hydrogen-bond acceptors (Lipinski definition) is 3. The first-order valence-corrected chi connectivity index (χ1v) is 9.70. The topological polar surface area (TPSA) is 48.9 Å². The minimum atomic E-state index is 0. The molecule has 26 heavy (non-hydrogen) atoms. The SMILES string of the molecule is CCNC(=NCCCCOCC)NCCN1c2ccccc2CC1C.I. The molecule has 0 saturated carbocycles. The molecule has 5 nitrogen and oxygen atoms in total. The standard InChI is InChI=1S/C20H34N4O.HI/c1-4-21-20(22-12-8-9-15-25-5-2)23-13-14-24-17(3)16-18-10-6-7-11-19(18)24;/h6-7,10-11,17H,4-5,8-9,12-16H2,1-3H3,(H2,21,22,23);1H. The lowest BCUT2D eigenvalue weighted by Crippen LogP contribution is -2.43. The minimum absolute atomic E-state index is 0. The van der Waals surface area contributed by atoms with E-state index in [-0.39, 0.29) is 24.0 Å². The van der Waals surface area contributed by atoms with Crippen LogP contribution in [0.1, 0.15) is 39.2 Å². The summed E-state index contributed by atoms with van der Waals surface area (Å²) in [5.41, 5.74) is 2.85. The highest BCUT2D eigenvalue weighted by atomic mass is 127. The normalized spacial score (nSPS) is 16.2. The van der Waals surface area contributed by atoms with Gasteiger partial charge in [-0.15, -0.1) is 24.0 Å². The molecular formula is C20H35IN4O. The molecule has 2 rings (SSSR count). The second-order valence-electron chi connectivity index (χ2n) is 6.47. The van der Waals surface area contributed by atoms with Crippen LogP contribution in [-0.2, 0) is 11.2 Å². The van der Waals surface area contributed by atoms with Crippen LogP contribution in [0.3, 0.4) is 0 Å². The monoisotopic (exact) mass is 474 g/mol.